The number of aryl methyl sites for hydroxylation is 1. The first-order chi connectivity index (χ1) is 19.0. The maximum absolute atomic E-state index is 13.3. The Labute approximate surface area is 235 Å². The van der Waals surface area contributed by atoms with Crippen LogP contribution in [0.25, 0.3) is 0 Å². The van der Waals surface area contributed by atoms with E-state index >= 15 is 0 Å². The molecule has 1 heterocycles. The lowest BCUT2D eigenvalue weighted by molar-refractivity contribution is 0.0758. The average molecular weight is 588 g/mol. The third-order valence-corrected chi connectivity index (χ3v) is 9.38. The number of anilines is 2. The Hall–Kier alpha value is -3.77. The lowest BCUT2D eigenvalue weighted by Gasteiger charge is -2.22. The average Bonchev–Trinajstić information content (AvgIpc) is 3.22. The highest BCUT2D eigenvalue weighted by Gasteiger charge is 2.24. The van der Waals surface area contributed by atoms with Crippen molar-refractivity contribution >= 4 is 37.3 Å². The van der Waals surface area contributed by atoms with Crippen molar-refractivity contribution in [3.63, 3.8) is 0 Å². The van der Waals surface area contributed by atoms with E-state index in [9.17, 15) is 21.6 Å². The fourth-order valence-electron chi connectivity index (χ4n) is 4.49. The molecule has 1 aliphatic rings. The molecule has 0 atom stereocenters. The van der Waals surface area contributed by atoms with E-state index in [4.69, 9.17) is 9.47 Å². The molecule has 10 nitrogen and oxygen atoms in total. The number of methoxy groups -OCH3 is 2. The zero-order valence-electron chi connectivity index (χ0n) is 22.6. The van der Waals surface area contributed by atoms with Crippen LogP contribution < -0.4 is 18.9 Å². The number of likely N-dealkylation sites (tertiary alicyclic amines) is 1. The first-order valence-electron chi connectivity index (χ1n) is 12.8. The third-order valence-electron chi connectivity index (χ3n) is 6.62. The van der Waals surface area contributed by atoms with Crippen molar-refractivity contribution < 1.29 is 31.1 Å². The van der Waals surface area contributed by atoms with Crippen LogP contribution >= 0.6 is 0 Å². The predicted octanol–water partition coefficient (Wildman–Crippen LogP) is 4.63. The number of rotatable bonds is 9. The molecule has 3 aromatic carbocycles. The Kier molecular flexibility index (Phi) is 8.89. The molecule has 40 heavy (non-hydrogen) atoms. The van der Waals surface area contributed by atoms with Crippen LogP contribution in [-0.2, 0) is 20.0 Å². The molecular weight excluding hydrogens is 554 g/mol. The summed E-state index contributed by atoms with van der Waals surface area (Å²) in [4.78, 5) is 14.8. The fraction of sp³-hybridized carbons (Fsp3) is 0.321. The van der Waals surface area contributed by atoms with E-state index in [1.54, 1.807) is 23.1 Å². The van der Waals surface area contributed by atoms with Crippen LogP contribution in [0.4, 0.5) is 11.4 Å². The van der Waals surface area contributed by atoms with Gasteiger partial charge in [-0.15, -0.1) is 0 Å². The Morgan fingerprint density at radius 1 is 0.725 bits per heavy atom. The van der Waals surface area contributed by atoms with Gasteiger partial charge in [-0.2, -0.15) is 0 Å². The molecule has 12 heteroatoms. The van der Waals surface area contributed by atoms with Gasteiger partial charge in [0.25, 0.3) is 26.0 Å². The van der Waals surface area contributed by atoms with E-state index in [0.29, 0.717) is 24.6 Å². The second-order valence-electron chi connectivity index (χ2n) is 9.51. The SMILES string of the molecule is COc1ccc(C)cc1NS(=O)(=O)c1ccc(NS(=O)(=O)c2ccc(OC)c(C(=O)N3CCCCCC3)c2)cc1. The minimum Gasteiger partial charge on any atom is -0.496 e. The molecule has 1 fully saturated rings. The zero-order chi connectivity index (χ0) is 28.9. The normalized spacial score (nSPS) is 14.2. The molecular formula is C28H33N3O7S2. The summed E-state index contributed by atoms with van der Waals surface area (Å²) < 4.78 is 67.9. The Balaban J connectivity index is 1.54. The van der Waals surface area contributed by atoms with E-state index in [2.05, 4.69) is 9.44 Å². The number of amides is 1. The minimum atomic E-state index is -4.10. The molecule has 214 valence electrons. The maximum atomic E-state index is 13.3. The van der Waals surface area contributed by atoms with Crippen molar-refractivity contribution in [1.82, 2.24) is 4.90 Å². The van der Waals surface area contributed by atoms with Gasteiger partial charge < -0.3 is 14.4 Å². The van der Waals surface area contributed by atoms with E-state index < -0.39 is 20.0 Å². The van der Waals surface area contributed by atoms with Crippen LogP contribution in [0.1, 0.15) is 41.6 Å². The van der Waals surface area contributed by atoms with E-state index in [0.717, 1.165) is 31.2 Å². The van der Waals surface area contributed by atoms with Crippen molar-refractivity contribution in [2.45, 2.75) is 42.4 Å². The summed E-state index contributed by atoms with van der Waals surface area (Å²) in [6, 6.07) is 14.5. The molecule has 0 saturated carbocycles. The van der Waals surface area contributed by atoms with Crippen molar-refractivity contribution in [1.29, 1.82) is 0 Å². The van der Waals surface area contributed by atoms with E-state index in [-0.39, 0.29) is 32.6 Å². The van der Waals surface area contributed by atoms with Crippen molar-refractivity contribution in [3.05, 3.63) is 71.8 Å². The molecule has 3 aromatic rings. The lowest BCUT2D eigenvalue weighted by atomic mass is 10.1. The minimum absolute atomic E-state index is 0.0613. The van der Waals surface area contributed by atoms with E-state index in [1.807, 2.05) is 6.92 Å². The number of benzene rings is 3. The molecule has 2 N–H and O–H groups in total. The Morgan fingerprint density at radius 3 is 1.93 bits per heavy atom. The molecule has 0 unspecified atom stereocenters. The molecule has 0 radical (unpaired) electrons. The summed E-state index contributed by atoms with van der Waals surface area (Å²) in [6.07, 6.45) is 3.89. The van der Waals surface area contributed by atoms with Crippen molar-refractivity contribution in [3.8, 4) is 11.5 Å². The highest BCUT2D eigenvalue weighted by atomic mass is 32.2. The molecule has 1 saturated heterocycles. The Bertz CT molecular complexity index is 1580. The number of hydrogen-bond acceptors (Lipinski definition) is 7. The Morgan fingerprint density at radius 2 is 1.30 bits per heavy atom. The summed E-state index contributed by atoms with van der Waals surface area (Å²) in [5.74, 6) is 0.385. The summed E-state index contributed by atoms with van der Waals surface area (Å²) >= 11 is 0. The summed E-state index contributed by atoms with van der Waals surface area (Å²) in [5, 5.41) is 0. The summed E-state index contributed by atoms with van der Waals surface area (Å²) in [7, 11) is -5.20. The number of hydrogen-bond donors (Lipinski definition) is 2. The van der Waals surface area contributed by atoms with Gasteiger partial charge in [0.15, 0.2) is 0 Å². The van der Waals surface area contributed by atoms with Gasteiger partial charge in [-0.05, 0) is 79.9 Å². The van der Waals surface area contributed by atoms with Gasteiger partial charge in [-0.1, -0.05) is 18.9 Å². The molecule has 0 aliphatic carbocycles. The van der Waals surface area contributed by atoms with Crippen LogP contribution in [0.3, 0.4) is 0 Å². The van der Waals surface area contributed by atoms with Gasteiger partial charge in [0, 0.05) is 18.8 Å². The number of sulfonamides is 2. The van der Waals surface area contributed by atoms with Gasteiger partial charge in [0.1, 0.15) is 11.5 Å². The molecule has 1 aliphatic heterocycles. The highest BCUT2D eigenvalue weighted by molar-refractivity contribution is 7.93. The standard InChI is InChI=1S/C28H33N3O7S2/c1-20-8-14-27(38-3)25(18-20)30-39(33,34)22-11-9-21(10-12-22)29-40(35,36)23-13-15-26(37-2)24(19-23)28(32)31-16-6-4-5-7-17-31/h8-15,18-19,29-30H,4-7,16-17H2,1-3H3. The second-order valence-corrected chi connectivity index (χ2v) is 12.9. The van der Waals surface area contributed by atoms with Gasteiger partial charge in [-0.25, -0.2) is 16.8 Å². The number of ether oxygens (including phenoxy) is 2. The maximum Gasteiger partial charge on any atom is 0.262 e. The first kappa shape index (κ1) is 29.2. The van der Waals surface area contributed by atoms with Crippen LogP contribution in [0.15, 0.2) is 70.5 Å². The fourth-order valence-corrected chi connectivity index (χ4v) is 6.63. The van der Waals surface area contributed by atoms with Crippen LogP contribution in [0.2, 0.25) is 0 Å². The van der Waals surface area contributed by atoms with Crippen LogP contribution in [0.5, 0.6) is 11.5 Å². The van der Waals surface area contributed by atoms with Gasteiger partial charge in [-0.3, -0.25) is 14.2 Å². The second kappa shape index (κ2) is 12.2. The summed E-state index contributed by atoms with van der Waals surface area (Å²) in [6.45, 7) is 3.05. The highest BCUT2D eigenvalue weighted by Crippen LogP contribution is 2.29. The molecule has 0 bridgehead atoms. The van der Waals surface area contributed by atoms with Crippen molar-refractivity contribution in [2.75, 3.05) is 36.8 Å². The first-order valence-corrected chi connectivity index (χ1v) is 15.8. The number of carbonyl (C=O) groups is 1. The van der Waals surface area contributed by atoms with Crippen molar-refractivity contribution in [2.24, 2.45) is 0 Å². The topological polar surface area (TPSA) is 131 Å². The van der Waals surface area contributed by atoms with Gasteiger partial charge >= 0.3 is 0 Å². The monoisotopic (exact) mass is 587 g/mol. The molecule has 0 spiro atoms. The number of nitrogens with one attached hydrogen (secondary N) is 2. The lowest BCUT2D eigenvalue weighted by Crippen LogP contribution is -2.32. The quantitative estimate of drug-likeness (QED) is 0.373. The molecule has 4 rings (SSSR count). The van der Waals surface area contributed by atoms with E-state index in [1.165, 1.54) is 56.7 Å². The van der Waals surface area contributed by atoms with Gasteiger partial charge in [0.05, 0.1) is 35.3 Å². The predicted molar refractivity (Wildman–Crippen MR) is 153 cm³/mol. The largest absolute Gasteiger partial charge is 0.496 e. The smallest absolute Gasteiger partial charge is 0.262 e. The number of carbonyl (C=O) groups excluding carboxylic acids is 1. The van der Waals surface area contributed by atoms with Crippen LogP contribution in [0, 0.1) is 6.92 Å². The third kappa shape index (κ3) is 6.68. The van der Waals surface area contributed by atoms with Crippen LogP contribution in [-0.4, -0.2) is 55.0 Å². The summed E-state index contributed by atoms with van der Waals surface area (Å²) in [5.41, 5.74) is 1.46. The van der Waals surface area contributed by atoms with Gasteiger partial charge in [0.2, 0.25) is 0 Å². The number of nitrogens with zero attached hydrogens (tertiary/aromatic N) is 1. The zero-order valence-corrected chi connectivity index (χ0v) is 24.3. The molecule has 1 amide bonds. The molecule has 0 aromatic heterocycles.